The Morgan fingerprint density at radius 1 is 1.00 bits per heavy atom. The Hall–Kier alpha value is -1.50. The van der Waals surface area contributed by atoms with E-state index in [9.17, 15) is 0 Å². The van der Waals surface area contributed by atoms with Gasteiger partial charge in [0.1, 0.15) is 0 Å². The monoisotopic (exact) mass is 185 g/mol. The molecule has 2 rings (SSSR count). The van der Waals surface area contributed by atoms with Crippen molar-refractivity contribution >= 4 is 0 Å². The maximum Gasteiger partial charge on any atom is 0.00843 e. The zero-order chi connectivity index (χ0) is 10.1. The van der Waals surface area contributed by atoms with E-state index < -0.39 is 0 Å². The second kappa shape index (κ2) is 3.33. The summed E-state index contributed by atoms with van der Waals surface area (Å²) in [6.45, 7) is 6.48. The number of hydrogen-bond acceptors (Lipinski definition) is 0. The van der Waals surface area contributed by atoms with Crippen LogP contribution in [0.25, 0.3) is 11.1 Å². The standard InChI is InChI=1S/C13H15N/c1-9-6-10(2)13(11(3)7-9)12-4-5-14-8-12/h4-8,14H,1-3H3. The molecule has 1 nitrogen and oxygen atoms in total. The summed E-state index contributed by atoms with van der Waals surface area (Å²) in [7, 11) is 0. The number of hydrogen-bond donors (Lipinski definition) is 1. The molecule has 0 aliphatic heterocycles. The van der Waals surface area contributed by atoms with Crippen LogP contribution in [0, 0.1) is 20.8 Å². The SMILES string of the molecule is Cc1cc(C)c(-c2cc[nH]c2)c(C)c1. The van der Waals surface area contributed by atoms with Crippen molar-refractivity contribution in [2.75, 3.05) is 0 Å². The van der Waals surface area contributed by atoms with Crippen LogP contribution in [0.15, 0.2) is 30.6 Å². The fourth-order valence-corrected chi connectivity index (χ4v) is 2.11. The largest absolute Gasteiger partial charge is 0.367 e. The number of aryl methyl sites for hydroxylation is 3. The molecule has 0 spiro atoms. The van der Waals surface area contributed by atoms with Crippen LogP contribution in [0.1, 0.15) is 16.7 Å². The van der Waals surface area contributed by atoms with Crippen molar-refractivity contribution in [3.8, 4) is 11.1 Å². The molecule has 0 aliphatic carbocycles. The molecule has 0 saturated carbocycles. The van der Waals surface area contributed by atoms with Crippen LogP contribution in [0.3, 0.4) is 0 Å². The lowest BCUT2D eigenvalue weighted by atomic mass is 9.96. The van der Waals surface area contributed by atoms with Gasteiger partial charge < -0.3 is 4.98 Å². The Kier molecular flexibility index (Phi) is 2.16. The summed E-state index contributed by atoms with van der Waals surface area (Å²) in [5.41, 5.74) is 6.67. The second-order valence-electron chi connectivity index (χ2n) is 3.87. The Labute approximate surface area is 84.8 Å². The number of H-pyrrole nitrogens is 1. The van der Waals surface area contributed by atoms with Crippen LogP contribution < -0.4 is 0 Å². The minimum atomic E-state index is 1.28. The van der Waals surface area contributed by atoms with Gasteiger partial charge in [0.2, 0.25) is 0 Å². The Morgan fingerprint density at radius 3 is 2.14 bits per heavy atom. The lowest BCUT2D eigenvalue weighted by Gasteiger charge is -2.09. The van der Waals surface area contributed by atoms with Gasteiger partial charge in [-0.2, -0.15) is 0 Å². The third-order valence-electron chi connectivity index (χ3n) is 2.56. The summed E-state index contributed by atoms with van der Waals surface area (Å²) in [5.74, 6) is 0. The fraction of sp³-hybridized carbons (Fsp3) is 0.231. The normalized spacial score (nSPS) is 10.5. The summed E-state index contributed by atoms with van der Waals surface area (Å²) in [6.07, 6.45) is 4.01. The van der Waals surface area contributed by atoms with Crippen molar-refractivity contribution in [3.63, 3.8) is 0 Å². The molecule has 1 heterocycles. The second-order valence-corrected chi connectivity index (χ2v) is 3.87. The highest BCUT2D eigenvalue weighted by atomic mass is 14.6. The van der Waals surface area contributed by atoms with E-state index in [4.69, 9.17) is 0 Å². The smallest absolute Gasteiger partial charge is 0.00843 e. The molecule has 0 radical (unpaired) electrons. The first-order valence-corrected chi connectivity index (χ1v) is 4.89. The van der Waals surface area contributed by atoms with Crippen LogP contribution in [-0.4, -0.2) is 4.98 Å². The average molecular weight is 185 g/mol. The summed E-state index contributed by atoms with van der Waals surface area (Å²) in [4.78, 5) is 3.10. The first kappa shape index (κ1) is 9.07. The minimum Gasteiger partial charge on any atom is -0.367 e. The average Bonchev–Trinajstić information content (AvgIpc) is 2.54. The summed E-state index contributed by atoms with van der Waals surface area (Å²) >= 11 is 0. The molecule has 1 N–H and O–H groups in total. The number of benzene rings is 1. The van der Waals surface area contributed by atoms with Crippen LogP contribution >= 0.6 is 0 Å². The molecule has 2 aromatic rings. The van der Waals surface area contributed by atoms with Crippen molar-refractivity contribution in [3.05, 3.63) is 47.3 Å². The van der Waals surface area contributed by atoms with Crippen LogP contribution in [0.4, 0.5) is 0 Å². The quantitative estimate of drug-likeness (QED) is 0.698. The van der Waals surface area contributed by atoms with E-state index in [1.165, 1.54) is 27.8 Å². The Morgan fingerprint density at radius 2 is 1.64 bits per heavy atom. The Bertz CT molecular complexity index is 415. The zero-order valence-electron chi connectivity index (χ0n) is 8.89. The molecule has 0 bridgehead atoms. The number of rotatable bonds is 1. The lowest BCUT2D eigenvalue weighted by molar-refractivity contribution is 1.32. The predicted octanol–water partition coefficient (Wildman–Crippen LogP) is 3.61. The van der Waals surface area contributed by atoms with E-state index in [-0.39, 0.29) is 0 Å². The molecule has 72 valence electrons. The van der Waals surface area contributed by atoms with Gasteiger partial charge >= 0.3 is 0 Å². The van der Waals surface area contributed by atoms with E-state index in [0.29, 0.717) is 0 Å². The van der Waals surface area contributed by atoms with Gasteiger partial charge in [-0.05, 0) is 49.1 Å². The van der Waals surface area contributed by atoms with Gasteiger partial charge in [0.05, 0.1) is 0 Å². The molecule has 0 aliphatic rings. The van der Waals surface area contributed by atoms with Crippen LogP contribution in [0.2, 0.25) is 0 Å². The maximum atomic E-state index is 3.10. The molecular formula is C13H15N. The van der Waals surface area contributed by atoms with E-state index in [1.807, 2.05) is 12.4 Å². The van der Waals surface area contributed by atoms with E-state index in [1.54, 1.807) is 0 Å². The highest BCUT2D eigenvalue weighted by Gasteiger charge is 2.05. The number of nitrogens with one attached hydrogen (secondary N) is 1. The predicted molar refractivity (Wildman–Crippen MR) is 60.4 cm³/mol. The molecule has 0 unspecified atom stereocenters. The molecule has 1 heteroatoms. The van der Waals surface area contributed by atoms with Crippen molar-refractivity contribution in [1.29, 1.82) is 0 Å². The zero-order valence-corrected chi connectivity index (χ0v) is 8.89. The van der Waals surface area contributed by atoms with Gasteiger partial charge in [-0.3, -0.25) is 0 Å². The molecule has 1 aromatic carbocycles. The molecular weight excluding hydrogens is 170 g/mol. The fourth-order valence-electron chi connectivity index (χ4n) is 2.11. The first-order chi connectivity index (χ1) is 6.68. The van der Waals surface area contributed by atoms with Crippen LogP contribution in [0.5, 0.6) is 0 Å². The highest BCUT2D eigenvalue weighted by Crippen LogP contribution is 2.27. The van der Waals surface area contributed by atoms with Crippen molar-refractivity contribution in [1.82, 2.24) is 4.98 Å². The maximum absolute atomic E-state index is 3.10. The number of aromatic nitrogens is 1. The minimum absolute atomic E-state index is 1.28. The first-order valence-electron chi connectivity index (χ1n) is 4.89. The van der Waals surface area contributed by atoms with Gasteiger partial charge in [0, 0.05) is 12.4 Å². The molecule has 0 atom stereocenters. The molecule has 0 amide bonds. The molecule has 0 fully saturated rings. The van der Waals surface area contributed by atoms with E-state index in [2.05, 4.69) is 44.0 Å². The molecule has 1 aromatic heterocycles. The van der Waals surface area contributed by atoms with Crippen LogP contribution in [-0.2, 0) is 0 Å². The third-order valence-corrected chi connectivity index (χ3v) is 2.56. The Balaban J connectivity index is 2.64. The van der Waals surface area contributed by atoms with Gasteiger partial charge in [-0.25, -0.2) is 0 Å². The van der Waals surface area contributed by atoms with E-state index >= 15 is 0 Å². The summed E-state index contributed by atoms with van der Waals surface area (Å²) in [6, 6.07) is 6.58. The van der Waals surface area contributed by atoms with E-state index in [0.717, 1.165) is 0 Å². The summed E-state index contributed by atoms with van der Waals surface area (Å²) < 4.78 is 0. The topological polar surface area (TPSA) is 15.8 Å². The molecule has 0 saturated heterocycles. The highest BCUT2D eigenvalue weighted by molar-refractivity contribution is 5.70. The molecule has 14 heavy (non-hydrogen) atoms. The van der Waals surface area contributed by atoms with Gasteiger partial charge in [0.15, 0.2) is 0 Å². The van der Waals surface area contributed by atoms with Gasteiger partial charge in [-0.15, -0.1) is 0 Å². The van der Waals surface area contributed by atoms with Crippen molar-refractivity contribution in [2.45, 2.75) is 20.8 Å². The van der Waals surface area contributed by atoms with Gasteiger partial charge in [-0.1, -0.05) is 17.7 Å². The summed E-state index contributed by atoms with van der Waals surface area (Å²) in [5, 5.41) is 0. The van der Waals surface area contributed by atoms with Crippen molar-refractivity contribution < 1.29 is 0 Å². The van der Waals surface area contributed by atoms with Gasteiger partial charge in [0.25, 0.3) is 0 Å². The third kappa shape index (κ3) is 1.46. The lowest BCUT2D eigenvalue weighted by Crippen LogP contribution is -1.88. The number of aromatic amines is 1. The van der Waals surface area contributed by atoms with Crippen molar-refractivity contribution in [2.24, 2.45) is 0 Å².